The molecule has 0 heterocycles. The Hall–Kier alpha value is -3.45. The predicted molar refractivity (Wildman–Crippen MR) is 129 cm³/mol. The molecule has 0 saturated heterocycles. The summed E-state index contributed by atoms with van der Waals surface area (Å²) in [5.41, 5.74) is 9.01. The average molecular weight is 450 g/mol. The van der Waals surface area contributed by atoms with Crippen molar-refractivity contribution in [3.05, 3.63) is 83.9 Å². The third-order valence-electron chi connectivity index (χ3n) is 5.24. The number of benzene rings is 3. The lowest BCUT2D eigenvalue weighted by atomic mass is 9.92. The van der Waals surface area contributed by atoms with Crippen LogP contribution in [-0.4, -0.2) is 26.4 Å². The second-order valence-corrected chi connectivity index (χ2v) is 9.70. The van der Waals surface area contributed by atoms with Crippen LogP contribution in [0.5, 0.6) is 0 Å². The normalized spacial score (nSPS) is 12.2. The highest BCUT2D eigenvalue weighted by molar-refractivity contribution is 7.90. The summed E-state index contributed by atoms with van der Waals surface area (Å²) >= 11 is 0. The zero-order valence-electron chi connectivity index (χ0n) is 18.1. The third kappa shape index (κ3) is 5.42. The number of carbonyl (C=O) groups is 1. The van der Waals surface area contributed by atoms with Gasteiger partial charge >= 0.3 is 0 Å². The first-order valence-corrected chi connectivity index (χ1v) is 12.2. The van der Waals surface area contributed by atoms with E-state index in [0.29, 0.717) is 23.2 Å². The van der Waals surface area contributed by atoms with Crippen molar-refractivity contribution in [2.24, 2.45) is 5.73 Å². The van der Waals surface area contributed by atoms with Crippen LogP contribution in [0.25, 0.3) is 11.1 Å². The van der Waals surface area contributed by atoms with Crippen molar-refractivity contribution in [1.82, 2.24) is 0 Å². The average Bonchev–Trinajstić information content (AvgIpc) is 2.77. The van der Waals surface area contributed by atoms with Gasteiger partial charge in [0.2, 0.25) is 5.91 Å². The number of carbonyl (C=O) groups excluding carboxylic acids is 1. The topological polar surface area (TPSA) is 113 Å². The van der Waals surface area contributed by atoms with Crippen molar-refractivity contribution >= 4 is 27.3 Å². The van der Waals surface area contributed by atoms with Gasteiger partial charge in [0.25, 0.3) is 0 Å². The molecule has 0 saturated carbocycles. The second-order valence-electron chi connectivity index (χ2n) is 7.72. The summed E-state index contributed by atoms with van der Waals surface area (Å²) in [4.78, 5) is 13.3. The Balaban J connectivity index is 1.84. The summed E-state index contributed by atoms with van der Waals surface area (Å²) in [6, 6.07) is 21.2. The zero-order chi connectivity index (χ0) is 23.3. The quantitative estimate of drug-likeness (QED) is 0.345. The van der Waals surface area contributed by atoms with Crippen LogP contribution in [0.4, 0.5) is 5.69 Å². The third-order valence-corrected chi connectivity index (χ3v) is 6.40. The molecule has 1 atom stereocenters. The second kappa shape index (κ2) is 9.78. The highest BCUT2D eigenvalue weighted by Gasteiger charge is 2.21. The molecule has 0 aromatic heterocycles. The van der Waals surface area contributed by atoms with Crippen molar-refractivity contribution in [3.8, 4) is 11.1 Å². The Labute approximate surface area is 188 Å². The van der Waals surface area contributed by atoms with E-state index < -0.39 is 9.84 Å². The van der Waals surface area contributed by atoms with E-state index in [1.54, 1.807) is 66.7 Å². The molecule has 4 N–H and O–H groups in total. The molecule has 3 aromatic rings. The maximum atomic E-state index is 13.0. The number of amidine groups is 1. The molecular weight excluding hydrogens is 422 g/mol. The van der Waals surface area contributed by atoms with Gasteiger partial charge in [-0.25, -0.2) is 8.42 Å². The molecule has 7 heteroatoms. The number of rotatable bonds is 8. The smallest absolute Gasteiger partial charge is 0.231 e. The van der Waals surface area contributed by atoms with Crippen LogP contribution in [0.15, 0.2) is 77.7 Å². The summed E-state index contributed by atoms with van der Waals surface area (Å²) < 4.78 is 24.2. The number of nitrogens with one attached hydrogen (secondary N) is 2. The molecule has 0 fully saturated rings. The minimum absolute atomic E-state index is 0.0347. The van der Waals surface area contributed by atoms with Gasteiger partial charge in [0, 0.05) is 23.1 Å². The van der Waals surface area contributed by atoms with Gasteiger partial charge in [-0.05, 0) is 41.8 Å². The molecule has 0 aliphatic rings. The fourth-order valence-corrected chi connectivity index (χ4v) is 4.56. The highest BCUT2D eigenvalue weighted by Crippen LogP contribution is 2.29. The molecule has 3 rings (SSSR count). The van der Waals surface area contributed by atoms with Gasteiger partial charge < -0.3 is 11.1 Å². The zero-order valence-corrected chi connectivity index (χ0v) is 18.9. The van der Waals surface area contributed by atoms with Gasteiger partial charge in [0.15, 0.2) is 9.84 Å². The Morgan fingerprint density at radius 1 is 1.03 bits per heavy atom. The van der Waals surface area contributed by atoms with E-state index in [1.807, 2.05) is 13.0 Å². The van der Waals surface area contributed by atoms with E-state index in [0.717, 1.165) is 17.5 Å². The molecule has 0 radical (unpaired) electrons. The summed E-state index contributed by atoms with van der Waals surface area (Å²) in [7, 11) is -3.36. The van der Waals surface area contributed by atoms with Crippen LogP contribution in [-0.2, 0) is 14.6 Å². The maximum Gasteiger partial charge on any atom is 0.231 e. The van der Waals surface area contributed by atoms with Crippen molar-refractivity contribution in [3.63, 3.8) is 0 Å². The van der Waals surface area contributed by atoms with Crippen LogP contribution in [0, 0.1) is 5.41 Å². The Morgan fingerprint density at radius 2 is 1.72 bits per heavy atom. The largest absolute Gasteiger partial charge is 0.384 e. The molecule has 3 aromatic carbocycles. The molecule has 0 aliphatic heterocycles. The lowest BCUT2D eigenvalue weighted by Crippen LogP contribution is -2.22. The maximum absolute atomic E-state index is 13.0. The minimum atomic E-state index is -3.36. The molecule has 32 heavy (non-hydrogen) atoms. The van der Waals surface area contributed by atoms with Crippen LogP contribution in [0.3, 0.4) is 0 Å². The van der Waals surface area contributed by atoms with Crippen molar-refractivity contribution in [2.75, 3.05) is 11.6 Å². The highest BCUT2D eigenvalue weighted by atomic mass is 32.2. The monoisotopic (exact) mass is 449 g/mol. The number of hydrogen-bond donors (Lipinski definition) is 3. The van der Waals surface area contributed by atoms with Gasteiger partial charge in [-0.1, -0.05) is 61.9 Å². The van der Waals surface area contributed by atoms with Crippen LogP contribution in [0.1, 0.15) is 36.8 Å². The first-order valence-electron chi connectivity index (χ1n) is 10.4. The van der Waals surface area contributed by atoms with Crippen molar-refractivity contribution < 1.29 is 13.2 Å². The number of nitrogens with two attached hydrogens (primary N) is 1. The number of anilines is 1. The summed E-state index contributed by atoms with van der Waals surface area (Å²) in [6.07, 6.45) is 2.67. The summed E-state index contributed by atoms with van der Waals surface area (Å²) in [6.45, 7) is 2.02. The SMILES string of the molecule is CCCC(C(=O)Nc1ccc(-c2ccccc2S(C)(=O)=O)cc1)c1cccc(C(=N)N)c1. The van der Waals surface area contributed by atoms with E-state index >= 15 is 0 Å². The first kappa shape index (κ1) is 23.2. The summed E-state index contributed by atoms with van der Waals surface area (Å²) in [5.74, 6) is -0.547. The standard InChI is InChI=1S/C25H27N3O3S/c1-3-7-22(18-8-6-9-19(16-18)24(26)27)25(29)28-20-14-12-17(13-15-20)21-10-4-5-11-23(21)32(2,30)31/h4-6,8-16,22H,3,7H2,1-2H3,(H3,26,27)(H,28,29). The van der Waals surface area contributed by atoms with Gasteiger partial charge in [0.1, 0.15) is 5.84 Å². The van der Waals surface area contributed by atoms with Crippen LogP contribution in [0.2, 0.25) is 0 Å². The Kier molecular flexibility index (Phi) is 7.10. The van der Waals surface area contributed by atoms with E-state index in [-0.39, 0.29) is 22.6 Å². The van der Waals surface area contributed by atoms with Crippen LogP contribution >= 0.6 is 0 Å². The fourth-order valence-electron chi connectivity index (χ4n) is 3.65. The van der Waals surface area contributed by atoms with Crippen molar-refractivity contribution in [1.29, 1.82) is 5.41 Å². The number of hydrogen-bond acceptors (Lipinski definition) is 4. The summed E-state index contributed by atoms with van der Waals surface area (Å²) in [5, 5.41) is 10.6. The lowest BCUT2D eigenvalue weighted by Gasteiger charge is -2.18. The van der Waals surface area contributed by atoms with Gasteiger partial charge in [-0.2, -0.15) is 0 Å². The van der Waals surface area contributed by atoms with Crippen LogP contribution < -0.4 is 11.1 Å². The number of sulfone groups is 1. The Morgan fingerprint density at radius 3 is 2.34 bits per heavy atom. The molecule has 0 spiro atoms. The Bertz CT molecular complexity index is 1240. The van der Waals surface area contributed by atoms with E-state index in [1.165, 1.54) is 6.26 Å². The van der Waals surface area contributed by atoms with E-state index in [9.17, 15) is 13.2 Å². The van der Waals surface area contributed by atoms with Gasteiger partial charge in [0.05, 0.1) is 10.8 Å². The molecule has 1 amide bonds. The minimum Gasteiger partial charge on any atom is -0.384 e. The molecule has 1 unspecified atom stereocenters. The molecule has 166 valence electrons. The van der Waals surface area contributed by atoms with Gasteiger partial charge in [-0.3, -0.25) is 10.2 Å². The predicted octanol–water partition coefficient (Wildman–Crippen LogP) is 4.56. The number of nitrogen functional groups attached to an aromatic ring is 1. The van der Waals surface area contributed by atoms with Gasteiger partial charge in [-0.15, -0.1) is 0 Å². The number of amides is 1. The van der Waals surface area contributed by atoms with Crippen molar-refractivity contribution in [2.45, 2.75) is 30.6 Å². The first-order chi connectivity index (χ1) is 15.2. The lowest BCUT2D eigenvalue weighted by molar-refractivity contribution is -0.117. The molecular formula is C25H27N3O3S. The fraction of sp³-hybridized carbons (Fsp3) is 0.200. The molecule has 0 bridgehead atoms. The molecule has 6 nitrogen and oxygen atoms in total. The van der Waals surface area contributed by atoms with E-state index in [4.69, 9.17) is 11.1 Å². The van der Waals surface area contributed by atoms with E-state index in [2.05, 4.69) is 5.32 Å². The molecule has 0 aliphatic carbocycles.